The molecule has 0 spiro atoms. The largest absolute Gasteiger partial charge is 0.487 e. The number of hydrogen-bond acceptors (Lipinski definition) is 5. The third-order valence-electron chi connectivity index (χ3n) is 5.52. The first-order chi connectivity index (χ1) is 15.0. The highest BCUT2D eigenvalue weighted by molar-refractivity contribution is 7.12. The number of aromatic nitrogens is 2. The molecule has 1 amide bonds. The summed E-state index contributed by atoms with van der Waals surface area (Å²) in [7, 11) is 0. The van der Waals surface area contributed by atoms with Gasteiger partial charge < -0.3 is 9.64 Å². The maximum Gasteiger partial charge on any atom is 0.264 e. The molecule has 0 saturated carbocycles. The number of halogens is 1. The molecule has 3 aromatic rings. The molecule has 1 aliphatic rings. The van der Waals surface area contributed by atoms with Crippen LogP contribution < -0.4 is 4.74 Å². The Labute approximate surface area is 192 Å². The second-order valence-corrected chi connectivity index (χ2v) is 9.02. The van der Waals surface area contributed by atoms with Gasteiger partial charge in [-0.3, -0.25) is 14.4 Å². The Kier molecular flexibility index (Phi) is 6.95. The van der Waals surface area contributed by atoms with Crippen LogP contribution in [0.15, 0.2) is 41.9 Å². The summed E-state index contributed by atoms with van der Waals surface area (Å²) in [4.78, 5) is 18.0. The fourth-order valence-electron chi connectivity index (χ4n) is 3.67. The maximum absolute atomic E-state index is 12.9. The van der Waals surface area contributed by atoms with Crippen molar-refractivity contribution in [3.8, 4) is 5.75 Å². The molecule has 0 radical (unpaired) electrons. The average Bonchev–Trinajstić information content (AvgIpc) is 3.40. The summed E-state index contributed by atoms with van der Waals surface area (Å²) in [5, 5.41) is 7.10. The Morgan fingerprint density at radius 3 is 2.71 bits per heavy atom. The van der Waals surface area contributed by atoms with Gasteiger partial charge >= 0.3 is 0 Å². The van der Waals surface area contributed by atoms with E-state index in [1.165, 1.54) is 16.9 Å². The van der Waals surface area contributed by atoms with Crippen LogP contribution in [-0.2, 0) is 19.7 Å². The number of benzene rings is 1. The van der Waals surface area contributed by atoms with E-state index < -0.39 is 0 Å². The molecule has 0 unspecified atom stereocenters. The third-order valence-corrected chi connectivity index (χ3v) is 6.80. The van der Waals surface area contributed by atoms with Crippen LogP contribution in [0.4, 0.5) is 0 Å². The van der Waals surface area contributed by atoms with E-state index in [-0.39, 0.29) is 5.91 Å². The van der Waals surface area contributed by atoms with Crippen molar-refractivity contribution in [2.45, 2.75) is 33.5 Å². The van der Waals surface area contributed by atoms with Crippen LogP contribution in [0, 0.1) is 6.92 Å². The molecule has 4 rings (SSSR count). The lowest BCUT2D eigenvalue weighted by molar-refractivity contribution is 0.0633. The summed E-state index contributed by atoms with van der Waals surface area (Å²) in [6, 6.07) is 9.33. The minimum absolute atomic E-state index is 0.101. The topological polar surface area (TPSA) is 50.6 Å². The fraction of sp³-hybridized carbons (Fsp3) is 0.391. The Morgan fingerprint density at radius 1 is 1.23 bits per heavy atom. The number of aryl methyl sites for hydroxylation is 2. The van der Waals surface area contributed by atoms with Crippen molar-refractivity contribution in [2.24, 2.45) is 0 Å². The lowest BCUT2D eigenvalue weighted by Crippen LogP contribution is -2.48. The maximum atomic E-state index is 12.9. The number of amides is 1. The molecule has 1 aliphatic heterocycles. The van der Waals surface area contributed by atoms with Crippen molar-refractivity contribution in [1.82, 2.24) is 19.6 Å². The zero-order valence-corrected chi connectivity index (χ0v) is 19.5. The van der Waals surface area contributed by atoms with Gasteiger partial charge in [-0.1, -0.05) is 23.7 Å². The monoisotopic (exact) mass is 458 g/mol. The molecule has 0 N–H and O–H groups in total. The van der Waals surface area contributed by atoms with Gasteiger partial charge in [-0.05, 0) is 37.4 Å². The van der Waals surface area contributed by atoms with Crippen LogP contribution in [0.25, 0.3) is 0 Å². The molecule has 8 heteroatoms. The van der Waals surface area contributed by atoms with E-state index in [1.807, 2.05) is 39.2 Å². The summed E-state index contributed by atoms with van der Waals surface area (Å²) in [5.74, 6) is 0.753. The lowest BCUT2D eigenvalue weighted by Gasteiger charge is -2.34. The van der Waals surface area contributed by atoms with Gasteiger partial charge in [-0.15, -0.1) is 11.3 Å². The van der Waals surface area contributed by atoms with E-state index in [9.17, 15) is 4.79 Å². The predicted octanol–water partition coefficient (Wildman–Crippen LogP) is 4.46. The smallest absolute Gasteiger partial charge is 0.264 e. The molecule has 0 atom stereocenters. The molecule has 164 valence electrons. The highest BCUT2D eigenvalue weighted by atomic mass is 35.5. The Morgan fingerprint density at radius 2 is 2.00 bits per heavy atom. The highest BCUT2D eigenvalue weighted by Gasteiger charge is 2.24. The van der Waals surface area contributed by atoms with Gasteiger partial charge in [-0.25, -0.2) is 0 Å². The van der Waals surface area contributed by atoms with Crippen molar-refractivity contribution in [3.05, 3.63) is 68.6 Å². The second-order valence-electron chi connectivity index (χ2n) is 7.70. The van der Waals surface area contributed by atoms with Crippen molar-refractivity contribution in [2.75, 3.05) is 26.2 Å². The molecular weight excluding hydrogens is 432 g/mol. The molecule has 1 saturated heterocycles. The van der Waals surface area contributed by atoms with Gasteiger partial charge in [0.1, 0.15) is 12.4 Å². The van der Waals surface area contributed by atoms with E-state index in [0.29, 0.717) is 17.4 Å². The van der Waals surface area contributed by atoms with Gasteiger partial charge in [0.25, 0.3) is 5.91 Å². The number of carbonyl (C=O) groups excluding carboxylic acids is 1. The van der Waals surface area contributed by atoms with Gasteiger partial charge in [0.15, 0.2) is 0 Å². The number of nitrogens with zero attached hydrogens (tertiary/aromatic N) is 4. The SMILES string of the molecule is CCn1cc(CN2CCN(C(=O)c3cc(COc4ccccc4Cl)cs3)CC2)c(C)n1. The molecule has 1 fully saturated rings. The number of hydrogen-bond donors (Lipinski definition) is 0. The normalized spacial score (nSPS) is 14.7. The van der Waals surface area contributed by atoms with Crippen molar-refractivity contribution >= 4 is 28.8 Å². The van der Waals surface area contributed by atoms with E-state index in [0.717, 1.165) is 55.4 Å². The average molecular weight is 459 g/mol. The first-order valence-electron chi connectivity index (χ1n) is 10.5. The standard InChI is InChI=1S/C23H27ClN4O2S/c1-3-28-14-19(17(2)25-28)13-26-8-10-27(11-9-26)23(29)22-12-18(16-31-22)15-30-21-7-5-4-6-20(21)24/h4-7,12,14,16H,3,8-11,13,15H2,1-2H3. The Bertz CT molecular complexity index is 1040. The van der Waals surface area contributed by atoms with Crippen LogP contribution in [0.5, 0.6) is 5.75 Å². The van der Waals surface area contributed by atoms with Crippen molar-refractivity contribution in [1.29, 1.82) is 0 Å². The Hall–Kier alpha value is -2.35. The van der Waals surface area contributed by atoms with Gasteiger partial charge in [0.05, 0.1) is 15.6 Å². The van der Waals surface area contributed by atoms with E-state index >= 15 is 0 Å². The number of piperazine rings is 1. The first-order valence-corrected chi connectivity index (χ1v) is 11.8. The first kappa shape index (κ1) is 21.9. The molecule has 3 heterocycles. The van der Waals surface area contributed by atoms with E-state index in [4.69, 9.17) is 16.3 Å². The zero-order valence-electron chi connectivity index (χ0n) is 17.9. The summed E-state index contributed by atoms with van der Waals surface area (Å²) in [6.45, 7) is 9.54. The lowest BCUT2D eigenvalue weighted by atomic mass is 10.2. The quantitative estimate of drug-likeness (QED) is 0.524. The van der Waals surface area contributed by atoms with Crippen LogP contribution in [0.3, 0.4) is 0 Å². The van der Waals surface area contributed by atoms with Gasteiger partial charge in [0, 0.05) is 56.6 Å². The number of para-hydroxylation sites is 1. The molecule has 2 aromatic heterocycles. The summed E-state index contributed by atoms with van der Waals surface area (Å²) < 4.78 is 7.77. The van der Waals surface area contributed by atoms with E-state index in [1.54, 1.807) is 6.07 Å². The number of carbonyl (C=O) groups is 1. The minimum atomic E-state index is 0.101. The second kappa shape index (κ2) is 9.85. The summed E-state index contributed by atoms with van der Waals surface area (Å²) >= 11 is 7.61. The molecule has 0 aliphatic carbocycles. The Balaban J connectivity index is 1.28. The van der Waals surface area contributed by atoms with E-state index in [2.05, 4.69) is 30.0 Å². The molecule has 1 aromatic carbocycles. The van der Waals surface area contributed by atoms with Crippen LogP contribution in [0.1, 0.15) is 33.4 Å². The molecule has 6 nitrogen and oxygen atoms in total. The van der Waals surface area contributed by atoms with Crippen molar-refractivity contribution in [3.63, 3.8) is 0 Å². The number of thiophene rings is 1. The van der Waals surface area contributed by atoms with Crippen LogP contribution in [0.2, 0.25) is 5.02 Å². The van der Waals surface area contributed by atoms with Gasteiger partial charge in [-0.2, -0.15) is 5.10 Å². The number of ether oxygens (including phenoxy) is 1. The van der Waals surface area contributed by atoms with Crippen LogP contribution in [-0.4, -0.2) is 51.7 Å². The third kappa shape index (κ3) is 5.29. The number of rotatable bonds is 7. The summed E-state index contributed by atoms with van der Waals surface area (Å²) in [6.07, 6.45) is 2.13. The fourth-order valence-corrected chi connectivity index (χ4v) is 4.72. The molecule has 0 bridgehead atoms. The minimum Gasteiger partial charge on any atom is -0.487 e. The van der Waals surface area contributed by atoms with Crippen LogP contribution >= 0.6 is 22.9 Å². The summed E-state index contributed by atoms with van der Waals surface area (Å²) in [5.41, 5.74) is 3.34. The van der Waals surface area contributed by atoms with Gasteiger partial charge in [0.2, 0.25) is 0 Å². The predicted molar refractivity (Wildman–Crippen MR) is 124 cm³/mol. The zero-order chi connectivity index (χ0) is 21.8. The molecule has 31 heavy (non-hydrogen) atoms. The highest BCUT2D eigenvalue weighted by Crippen LogP contribution is 2.25. The van der Waals surface area contributed by atoms with Crippen molar-refractivity contribution < 1.29 is 9.53 Å². The molecular formula is C23H27ClN4O2S.